The number of likely N-dealkylation sites (tertiary alicyclic amines) is 1. The topological polar surface area (TPSA) is 175 Å². The summed E-state index contributed by atoms with van der Waals surface area (Å²) in [7, 11) is 0. The van der Waals surface area contributed by atoms with Gasteiger partial charge in [-0.15, -0.1) is 0 Å². The summed E-state index contributed by atoms with van der Waals surface area (Å²) in [5.74, 6) is -1.08. The number of amides is 2. The van der Waals surface area contributed by atoms with Crippen LogP contribution in [0, 0.1) is 18.3 Å². The lowest BCUT2D eigenvalue weighted by molar-refractivity contribution is -0.138. The number of pyridine rings is 1. The summed E-state index contributed by atoms with van der Waals surface area (Å²) in [5, 5.41) is 8.00. The Bertz CT molecular complexity index is 1930. The minimum absolute atomic E-state index is 0.0496. The average molecular weight is 704 g/mol. The molecule has 1 saturated heterocycles. The van der Waals surface area contributed by atoms with Crippen LogP contribution in [0.25, 0.3) is 22.0 Å². The number of hydrogen-bond donors (Lipinski definition) is 2. The van der Waals surface area contributed by atoms with Gasteiger partial charge in [-0.3, -0.25) is 19.1 Å². The highest BCUT2D eigenvalue weighted by atomic mass is 79.9. The fraction of sp³-hybridized carbons (Fsp3) is 0.394. The number of aromatic nitrogens is 5. The minimum atomic E-state index is -0.796. The zero-order valence-electron chi connectivity index (χ0n) is 26.7. The number of nitrogens with two attached hydrogens (primary N) is 1. The molecule has 0 bridgehead atoms. The number of carbonyl (C=O) groups excluding carboxylic acids is 4. The normalized spacial score (nSPS) is 20.6. The van der Waals surface area contributed by atoms with Gasteiger partial charge in [0, 0.05) is 36.3 Å². The SMILES string of the molecule is CC(=O)c1nn(CC(=O)N2[C@H](C(=O)Nc3nc(Br)ccc3C)C[C@@]3(C)C[C@@H]23)c2ccc(-c3cnc(OC(=O)[C@@H](N)C(C)C)nc3)cc12. The molecule has 2 aliphatic rings. The van der Waals surface area contributed by atoms with Crippen LogP contribution in [0.2, 0.25) is 0 Å². The number of ether oxygens (including phenoxy) is 1. The molecule has 1 aliphatic carbocycles. The lowest BCUT2D eigenvalue weighted by atomic mass is 10.0. The molecular formula is C33H35BrN8O5. The van der Waals surface area contributed by atoms with Crippen LogP contribution in [-0.4, -0.2) is 71.3 Å². The summed E-state index contributed by atoms with van der Waals surface area (Å²) in [4.78, 5) is 66.6. The van der Waals surface area contributed by atoms with E-state index in [1.807, 2.05) is 32.9 Å². The van der Waals surface area contributed by atoms with Crippen molar-refractivity contribution in [3.63, 3.8) is 0 Å². The van der Waals surface area contributed by atoms with E-state index in [0.717, 1.165) is 12.0 Å². The van der Waals surface area contributed by atoms with Crippen molar-refractivity contribution in [3.8, 4) is 17.1 Å². The van der Waals surface area contributed by atoms with Gasteiger partial charge in [-0.1, -0.05) is 32.9 Å². The van der Waals surface area contributed by atoms with E-state index >= 15 is 0 Å². The summed E-state index contributed by atoms with van der Waals surface area (Å²) >= 11 is 3.35. The number of benzene rings is 1. The number of piperidine rings is 1. The number of nitrogens with one attached hydrogen (secondary N) is 1. The molecule has 4 aromatic rings. The van der Waals surface area contributed by atoms with Crippen LogP contribution in [0.1, 0.15) is 56.6 Å². The van der Waals surface area contributed by atoms with Crippen molar-refractivity contribution in [3.05, 3.63) is 58.6 Å². The molecule has 0 unspecified atom stereocenters. The summed E-state index contributed by atoms with van der Waals surface area (Å²) in [6, 6.07) is 7.42. The Balaban J connectivity index is 1.23. The Labute approximate surface area is 279 Å². The van der Waals surface area contributed by atoms with Crippen molar-refractivity contribution in [1.82, 2.24) is 29.6 Å². The molecule has 6 rings (SSSR count). The molecule has 4 heterocycles. The Morgan fingerprint density at radius 1 is 1.11 bits per heavy atom. The third-order valence-electron chi connectivity index (χ3n) is 9.04. The lowest BCUT2D eigenvalue weighted by Gasteiger charge is -2.27. The summed E-state index contributed by atoms with van der Waals surface area (Å²) in [5.41, 5.74) is 8.66. The zero-order valence-corrected chi connectivity index (χ0v) is 28.2. The van der Waals surface area contributed by atoms with Gasteiger partial charge in [-0.2, -0.15) is 5.10 Å². The largest absolute Gasteiger partial charge is 0.390 e. The first-order valence-electron chi connectivity index (χ1n) is 15.3. The van der Waals surface area contributed by atoms with Crippen LogP contribution >= 0.6 is 15.9 Å². The second-order valence-corrected chi connectivity index (χ2v) is 13.7. The molecule has 244 valence electrons. The second-order valence-electron chi connectivity index (χ2n) is 12.9. The average Bonchev–Trinajstić information content (AvgIpc) is 3.39. The van der Waals surface area contributed by atoms with Crippen LogP contribution in [0.5, 0.6) is 6.01 Å². The van der Waals surface area contributed by atoms with Gasteiger partial charge in [-0.05, 0) is 76.4 Å². The van der Waals surface area contributed by atoms with Crippen molar-refractivity contribution >= 4 is 56.2 Å². The monoisotopic (exact) mass is 702 g/mol. The van der Waals surface area contributed by atoms with Gasteiger partial charge in [0.25, 0.3) is 0 Å². The number of rotatable bonds is 9. The number of esters is 1. The van der Waals surface area contributed by atoms with Crippen LogP contribution in [0.3, 0.4) is 0 Å². The van der Waals surface area contributed by atoms with Crippen molar-refractivity contribution < 1.29 is 23.9 Å². The summed E-state index contributed by atoms with van der Waals surface area (Å²) < 4.78 is 7.31. The first-order valence-corrected chi connectivity index (χ1v) is 16.1. The molecule has 1 aliphatic heterocycles. The maximum atomic E-state index is 13.9. The molecule has 4 atom stereocenters. The van der Waals surface area contributed by atoms with Gasteiger partial charge < -0.3 is 20.7 Å². The van der Waals surface area contributed by atoms with Crippen molar-refractivity contribution in [2.45, 2.75) is 72.1 Å². The third-order valence-corrected chi connectivity index (χ3v) is 9.48. The molecular weight excluding hydrogens is 668 g/mol. The van der Waals surface area contributed by atoms with E-state index in [1.165, 1.54) is 24.0 Å². The highest BCUT2D eigenvalue weighted by molar-refractivity contribution is 9.10. The quantitative estimate of drug-likeness (QED) is 0.147. The number of halogens is 1. The molecule has 2 amide bonds. The maximum Gasteiger partial charge on any atom is 0.330 e. The van der Waals surface area contributed by atoms with Crippen LogP contribution in [0.15, 0.2) is 47.3 Å². The van der Waals surface area contributed by atoms with Crippen LogP contribution in [-0.2, 0) is 20.9 Å². The van der Waals surface area contributed by atoms with E-state index in [2.05, 4.69) is 48.2 Å². The number of fused-ring (bicyclic) bond motifs is 2. The Kier molecular flexibility index (Phi) is 8.43. The van der Waals surface area contributed by atoms with E-state index in [0.29, 0.717) is 38.9 Å². The van der Waals surface area contributed by atoms with Gasteiger partial charge in [0.2, 0.25) is 11.8 Å². The predicted octanol–water partition coefficient (Wildman–Crippen LogP) is 4.07. The van der Waals surface area contributed by atoms with Crippen molar-refractivity contribution in [2.75, 3.05) is 5.32 Å². The van der Waals surface area contributed by atoms with E-state index in [-0.39, 0.29) is 53.2 Å². The smallest absolute Gasteiger partial charge is 0.330 e. The molecule has 47 heavy (non-hydrogen) atoms. The fourth-order valence-electron chi connectivity index (χ4n) is 6.09. The van der Waals surface area contributed by atoms with Crippen LogP contribution in [0.4, 0.5) is 5.82 Å². The first kappa shape index (κ1) is 32.4. The van der Waals surface area contributed by atoms with Gasteiger partial charge in [-0.25, -0.2) is 19.7 Å². The number of ketones is 1. The number of carbonyl (C=O) groups is 4. The lowest BCUT2D eigenvalue weighted by Crippen LogP contribution is -2.47. The molecule has 1 saturated carbocycles. The van der Waals surface area contributed by atoms with Gasteiger partial charge in [0.05, 0.1) is 5.52 Å². The van der Waals surface area contributed by atoms with E-state index in [1.54, 1.807) is 23.1 Å². The molecule has 13 nitrogen and oxygen atoms in total. The molecule has 2 fully saturated rings. The minimum Gasteiger partial charge on any atom is -0.390 e. The molecule has 0 spiro atoms. The van der Waals surface area contributed by atoms with Gasteiger partial charge in [0.15, 0.2) is 5.78 Å². The number of Topliss-reactive ketones (excluding diaryl/α,β-unsaturated/α-hetero) is 1. The molecule has 1 aromatic carbocycles. The zero-order chi connectivity index (χ0) is 33.8. The highest BCUT2D eigenvalue weighted by Gasteiger charge is 2.64. The number of hydrogen-bond acceptors (Lipinski definition) is 10. The summed E-state index contributed by atoms with van der Waals surface area (Å²) in [6.45, 7) is 8.85. The standard InChI is InChI=1S/C33H35BrN8O5/c1-16(2)27(35)31(46)47-32-36-13-20(14-37-32)19-7-8-22-21(10-19)28(18(4)43)40-41(22)15-26(44)42-23(11-33(5)12-24(33)42)30(45)39-29-17(3)6-9-25(34)38-29/h6-10,13-14,16,23-24,27H,11-12,15,35H2,1-5H3,(H,38,39,45)/t23-,24+,27-,33-/m0/s1. The maximum absolute atomic E-state index is 13.9. The highest BCUT2D eigenvalue weighted by Crippen LogP contribution is 2.59. The van der Waals surface area contributed by atoms with E-state index < -0.39 is 18.1 Å². The van der Waals surface area contributed by atoms with E-state index in [4.69, 9.17) is 10.5 Å². The molecule has 14 heteroatoms. The van der Waals surface area contributed by atoms with Crippen molar-refractivity contribution in [2.24, 2.45) is 17.1 Å². The Hall–Kier alpha value is -4.56. The predicted molar refractivity (Wildman–Crippen MR) is 176 cm³/mol. The number of aryl methyl sites for hydroxylation is 1. The first-order chi connectivity index (χ1) is 22.3. The number of nitrogens with zero attached hydrogens (tertiary/aromatic N) is 6. The molecule has 3 N–H and O–H groups in total. The second kappa shape index (κ2) is 12.2. The molecule has 0 radical (unpaired) electrons. The third kappa shape index (κ3) is 6.26. The summed E-state index contributed by atoms with van der Waals surface area (Å²) in [6.07, 6.45) is 4.39. The van der Waals surface area contributed by atoms with E-state index in [9.17, 15) is 19.2 Å². The molecule has 3 aromatic heterocycles. The fourth-order valence-corrected chi connectivity index (χ4v) is 6.40. The van der Waals surface area contributed by atoms with Crippen LogP contribution < -0.4 is 15.8 Å². The Morgan fingerprint density at radius 2 is 1.83 bits per heavy atom. The number of anilines is 1. The van der Waals surface area contributed by atoms with Gasteiger partial charge in [0.1, 0.15) is 34.7 Å². The van der Waals surface area contributed by atoms with Gasteiger partial charge >= 0.3 is 12.0 Å². The van der Waals surface area contributed by atoms with Crippen molar-refractivity contribution in [1.29, 1.82) is 0 Å². The Morgan fingerprint density at radius 3 is 2.51 bits per heavy atom.